The standard InChI is InChI=1S/C20H23NO5/c1-13(11-19(22)26-4)21-20(23)15-7-5-14(6-8-15)16-9-10-17(24-2)18(12-16)25-3/h5-10,12-13H,11H2,1-4H3,(H,21,23). The van der Waals surface area contributed by atoms with E-state index in [1.807, 2.05) is 30.3 Å². The summed E-state index contributed by atoms with van der Waals surface area (Å²) < 4.78 is 15.2. The molecule has 0 fully saturated rings. The van der Waals surface area contributed by atoms with Gasteiger partial charge in [0, 0.05) is 11.6 Å². The molecule has 1 N–H and O–H groups in total. The largest absolute Gasteiger partial charge is 0.493 e. The number of benzene rings is 2. The number of amides is 1. The first-order chi connectivity index (χ1) is 12.5. The van der Waals surface area contributed by atoms with Crippen LogP contribution in [0.5, 0.6) is 11.5 Å². The fourth-order valence-corrected chi connectivity index (χ4v) is 2.52. The second-order valence-electron chi connectivity index (χ2n) is 5.80. The van der Waals surface area contributed by atoms with E-state index in [9.17, 15) is 9.59 Å². The predicted molar refractivity (Wildman–Crippen MR) is 98.5 cm³/mol. The van der Waals surface area contributed by atoms with Crippen LogP contribution in [-0.2, 0) is 9.53 Å². The Labute approximate surface area is 153 Å². The van der Waals surface area contributed by atoms with Crippen LogP contribution in [0.25, 0.3) is 11.1 Å². The van der Waals surface area contributed by atoms with Crippen molar-refractivity contribution in [2.45, 2.75) is 19.4 Å². The number of ether oxygens (including phenoxy) is 3. The van der Waals surface area contributed by atoms with Gasteiger partial charge in [-0.05, 0) is 42.3 Å². The van der Waals surface area contributed by atoms with Gasteiger partial charge in [0.2, 0.25) is 0 Å². The minimum absolute atomic E-state index is 0.131. The lowest BCUT2D eigenvalue weighted by Gasteiger charge is -2.13. The molecule has 0 bridgehead atoms. The molecule has 0 radical (unpaired) electrons. The van der Waals surface area contributed by atoms with Crippen molar-refractivity contribution in [1.29, 1.82) is 0 Å². The summed E-state index contributed by atoms with van der Waals surface area (Å²) in [5.74, 6) is 0.706. The molecule has 0 saturated carbocycles. The van der Waals surface area contributed by atoms with Gasteiger partial charge in [-0.3, -0.25) is 9.59 Å². The van der Waals surface area contributed by atoms with E-state index in [0.29, 0.717) is 17.1 Å². The van der Waals surface area contributed by atoms with Crippen molar-refractivity contribution < 1.29 is 23.8 Å². The van der Waals surface area contributed by atoms with Crippen LogP contribution in [0.4, 0.5) is 0 Å². The Morgan fingerprint density at radius 3 is 2.12 bits per heavy atom. The van der Waals surface area contributed by atoms with Crippen LogP contribution in [-0.4, -0.2) is 39.2 Å². The molecule has 1 unspecified atom stereocenters. The molecular formula is C20H23NO5. The van der Waals surface area contributed by atoms with Crippen LogP contribution in [0.2, 0.25) is 0 Å². The Morgan fingerprint density at radius 2 is 1.54 bits per heavy atom. The van der Waals surface area contributed by atoms with E-state index >= 15 is 0 Å². The lowest BCUT2D eigenvalue weighted by Crippen LogP contribution is -2.34. The van der Waals surface area contributed by atoms with E-state index in [4.69, 9.17) is 9.47 Å². The van der Waals surface area contributed by atoms with Crippen LogP contribution in [0.15, 0.2) is 42.5 Å². The van der Waals surface area contributed by atoms with Gasteiger partial charge in [0.25, 0.3) is 5.91 Å². The molecule has 0 aliphatic carbocycles. The SMILES string of the molecule is COC(=O)CC(C)NC(=O)c1ccc(-c2ccc(OC)c(OC)c2)cc1. The van der Waals surface area contributed by atoms with E-state index in [1.54, 1.807) is 33.3 Å². The molecule has 2 aromatic carbocycles. The first-order valence-electron chi connectivity index (χ1n) is 8.18. The van der Waals surface area contributed by atoms with E-state index in [0.717, 1.165) is 11.1 Å². The molecule has 1 atom stereocenters. The lowest BCUT2D eigenvalue weighted by atomic mass is 10.0. The maximum Gasteiger partial charge on any atom is 0.307 e. The van der Waals surface area contributed by atoms with Crippen LogP contribution in [0.1, 0.15) is 23.7 Å². The van der Waals surface area contributed by atoms with Crippen molar-refractivity contribution >= 4 is 11.9 Å². The highest BCUT2D eigenvalue weighted by molar-refractivity contribution is 5.95. The zero-order valence-electron chi connectivity index (χ0n) is 15.4. The lowest BCUT2D eigenvalue weighted by molar-refractivity contribution is -0.141. The number of nitrogens with one attached hydrogen (secondary N) is 1. The number of rotatable bonds is 7. The molecule has 1 amide bonds. The number of methoxy groups -OCH3 is 3. The van der Waals surface area contributed by atoms with Gasteiger partial charge in [0.1, 0.15) is 0 Å². The van der Waals surface area contributed by atoms with Gasteiger partial charge in [0.15, 0.2) is 11.5 Å². The molecule has 2 aromatic rings. The van der Waals surface area contributed by atoms with E-state index in [-0.39, 0.29) is 24.3 Å². The van der Waals surface area contributed by atoms with Crippen molar-refractivity contribution in [2.75, 3.05) is 21.3 Å². The Morgan fingerprint density at radius 1 is 0.923 bits per heavy atom. The van der Waals surface area contributed by atoms with Crippen molar-refractivity contribution in [3.8, 4) is 22.6 Å². The highest BCUT2D eigenvalue weighted by Crippen LogP contribution is 2.32. The van der Waals surface area contributed by atoms with Gasteiger partial charge in [-0.25, -0.2) is 0 Å². The first kappa shape index (κ1) is 19.3. The van der Waals surface area contributed by atoms with Crippen LogP contribution in [0.3, 0.4) is 0 Å². The molecule has 6 heteroatoms. The van der Waals surface area contributed by atoms with Crippen molar-refractivity contribution in [1.82, 2.24) is 5.32 Å². The average Bonchev–Trinajstić information content (AvgIpc) is 2.67. The summed E-state index contributed by atoms with van der Waals surface area (Å²) in [6.07, 6.45) is 0.131. The zero-order chi connectivity index (χ0) is 19.1. The highest BCUT2D eigenvalue weighted by Gasteiger charge is 2.14. The number of carbonyl (C=O) groups is 2. The molecule has 0 heterocycles. The van der Waals surface area contributed by atoms with Gasteiger partial charge in [-0.1, -0.05) is 18.2 Å². The summed E-state index contributed by atoms with van der Waals surface area (Å²) in [4.78, 5) is 23.5. The molecule has 0 aliphatic heterocycles. The summed E-state index contributed by atoms with van der Waals surface area (Å²) in [6.45, 7) is 1.76. The second-order valence-corrected chi connectivity index (χ2v) is 5.80. The third-order valence-corrected chi connectivity index (χ3v) is 3.94. The maximum atomic E-state index is 12.3. The average molecular weight is 357 g/mol. The Hall–Kier alpha value is -3.02. The van der Waals surface area contributed by atoms with E-state index < -0.39 is 0 Å². The third kappa shape index (κ3) is 4.75. The predicted octanol–water partition coefficient (Wildman–Crippen LogP) is 3.05. The van der Waals surface area contributed by atoms with Gasteiger partial charge in [-0.2, -0.15) is 0 Å². The molecule has 26 heavy (non-hydrogen) atoms. The number of esters is 1. The monoisotopic (exact) mass is 357 g/mol. The second kappa shape index (κ2) is 8.89. The fraction of sp³-hybridized carbons (Fsp3) is 0.300. The summed E-state index contributed by atoms with van der Waals surface area (Å²) >= 11 is 0. The van der Waals surface area contributed by atoms with Crippen molar-refractivity contribution in [3.05, 3.63) is 48.0 Å². The van der Waals surface area contributed by atoms with Crippen molar-refractivity contribution in [2.24, 2.45) is 0 Å². The van der Waals surface area contributed by atoms with Crippen LogP contribution in [0, 0.1) is 0 Å². The topological polar surface area (TPSA) is 73.9 Å². The first-order valence-corrected chi connectivity index (χ1v) is 8.18. The highest BCUT2D eigenvalue weighted by atomic mass is 16.5. The van der Waals surface area contributed by atoms with E-state index in [1.165, 1.54) is 7.11 Å². The number of hydrogen-bond donors (Lipinski definition) is 1. The molecule has 6 nitrogen and oxygen atoms in total. The Kier molecular flexibility index (Phi) is 6.60. The van der Waals surface area contributed by atoms with Gasteiger partial charge in [0.05, 0.1) is 27.8 Å². The fourth-order valence-electron chi connectivity index (χ4n) is 2.52. The molecular weight excluding hydrogens is 334 g/mol. The van der Waals surface area contributed by atoms with Gasteiger partial charge < -0.3 is 19.5 Å². The Balaban J connectivity index is 2.10. The summed E-state index contributed by atoms with van der Waals surface area (Å²) in [7, 11) is 4.50. The normalized spacial score (nSPS) is 11.4. The zero-order valence-corrected chi connectivity index (χ0v) is 15.4. The Bertz CT molecular complexity index is 770. The minimum atomic E-state index is -0.360. The van der Waals surface area contributed by atoms with E-state index in [2.05, 4.69) is 10.1 Å². The smallest absolute Gasteiger partial charge is 0.307 e. The number of carbonyl (C=O) groups excluding carboxylic acids is 2. The summed E-state index contributed by atoms with van der Waals surface area (Å²) in [5, 5.41) is 2.78. The molecule has 0 saturated heterocycles. The molecule has 2 rings (SSSR count). The third-order valence-electron chi connectivity index (χ3n) is 3.94. The maximum absolute atomic E-state index is 12.3. The summed E-state index contributed by atoms with van der Waals surface area (Å²) in [5.41, 5.74) is 2.42. The summed E-state index contributed by atoms with van der Waals surface area (Å²) in [6, 6.07) is 12.5. The molecule has 138 valence electrons. The van der Waals surface area contributed by atoms with Crippen LogP contribution < -0.4 is 14.8 Å². The quantitative estimate of drug-likeness (QED) is 0.771. The number of hydrogen-bond acceptors (Lipinski definition) is 5. The van der Waals surface area contributed by atoms with Crippen LogP contribution >= 0.6 is 0 Å². The molecule has 0 spiro atoms. The van der Waals surface area contributed by atoms with Gasteiger partial charge in [-0.15, -0.1) is 0 Å². The molecule has 0 aliphatic rings. The van der Waals surface area contributed by atoms with Crippen molar-refractivity contribution in [3.63, 3.8) is 0 Å². The molecule has 0 aromatic heterocycles. The minimum Gasteiger partial charge on any atom is -0.493 e. The van der Waals surface area contributed by atoms with Gasteiger partial charge >= 0.3 is 5.97 Å².